The lowest BCUT2D eigenvalue weighted by atomic mass is 9.93. The molecule has 1 aliphatic heterocycles. The Morgan fingerprint density at radius 2 is 1.84 bits per heavy atom. The third-order valence-electron chi connectivity index (χ3n) is 6.55. The van der Waals surface area contributed by atoms with Gasteiger partial charge < -0.3 is 10.2 Å². The maximum absolute atomic E-state index is 13.6. The van der Waals surface area contributed by atoms with Crippen LogP contribution in [0, 0.1) is 11.8 Å². The van der Waals surface area contributed by atoms with Crippen LogP contribution in [0.2, 0.25) is 0 Å². The van der Waals surface area contributed by atoms with E-state index in [0.29, 0.717) is 23.0 Å². The molecule has 2 bridgehead atoms. The summed E-state index contributed by atoms with van der Waals surface area (Å²) in [5.74, 6) is 1.34. The van der Waals surface area contributed by atoms with Crippen LogP contribution in [0.15, 0.2) is 59.7 Å². The van der Waals surface area contributed by atoms with E-state index in [9.17, 15) is 13.2 Å². The van der Waals surface area contributed by atoms with Gasteiger partial charge in [0.15, 0.2) is 0 Å². The fraction of sp³-hybridized carbons (Fsp3) is 0.500. The van der Waals surface area contributed by atoms with E-state index in [0.717, 1.165) is 36.7 Å². The standard InChI is InChI=1S/C24H28F3N3S/c25-24(26,27)20-6-3-7-22(21(15-20)29-23(31)19-8-11-28-12-9-19)30-13-10-17-4-1-2-5-18(14-17)16-30/h3,6,8-9,11-12,15,17-18H,1-2,4-5,7,10,13-14,16H2,(H,29,31)/t17-,18?/m1/s1. The molecule has 0 radical (unpaired) electrons. The molecule has 7 heteroatoms. The molecule has 1 saturated carbocycles. The van der Waals surface area contributed by atoms with Crippen molar-refractivity contribution in [3.05, 3.63) is 65.3 Å². The van der Waals surface area contributed by atoms with Gasteiger partial charge >= 0.3 is 6.18 Å². The van der Waals surface area contributed by atoms with Gasteiger partial charge in [-0.25, -0.2) is 0 Å². The Morgan fingerprint density at radius 1 is 1.10 bits per heavy atom. The van der Waals surface area contributed by atoms with Crippen molar-refractivity contribution in [3.8, 4) is 0 Å². The Hall–Kier alpha value is -2.15. The summed E-state index contributed by atoms with van der Waals surface area (Å²) in [4.78, 5) is 6.71. The van der Waals surface area contributed by atoms with Gasteiger partial charge in [0.1, 0.15) is 4.99 Å². The first-order chi connectivity index (χ1) is 14.9. The molecule has 2 fully saturated rings. The van der Waals surface area contributed by atoms with Crippen molar-refractivity contribution in [2.45, 2.75) is 51.1 Å². The minimum atomic E-state index is -4.41. The summed E-state index contributed by atoms with van der Waals surface area (Å²) in [7, 11) is 0. The predicted molar refractivity (Wildman–Crippen MR) is 120 cm³/mol. The number of fused-ring (bicyclic) bond motifs is 2. The largest absolute Gasteiger partial charge is 0.416 e. The molecule has 0 aromatic carbocycles. The topological polar surface area (TPSA) is 28.2 Å². The van der Waals surface area contributed by atoms with Crippen LogP contribution in [0.4, 0.5) is 13.2 Å². The van der Waals surface area contributed by atoms with Gasteiger partial charge in [0, 0.05) is 43.2 Å². The van der Waals surface area contributed by atoms with Crippen molar-refractivity contribution in [1.29, 1.82) is 0 Å². The Bertz CT molecular complexity index is 889. The van der Waals surface area contributed by atoms with Gasteiger partial charge in [-0.3, -0.25) is 4.98 Å². The highest BCUT2D eigenvalue weighted by Gasteiger charge is 2.34. The molecule has 1 unspecified atom stereocenters. The van der Waals surface area contributed by atoms with Crippen LogP contribution in [0.3, 0.4) is 0 Å². The Kier molecular flexibility index (Phi) is 6.80. The monoisotopic (exact) mass is 447 g/mol. The molecule has 3 nitrogen and oxygen atoms in total. The highest BCUT2D eigenvalue weighted by molar-refractivity contribution is 7.80. The molecular formula is C24H28F3N3S. The third kappa shape index (κ3) is 5.56. The summed E-state index contributed by atoms with van der Waals surface area (Å²) in [5, 5.41) is 3.14. The summed E-state index contributed by atoms with van der Waals surface area (Å²) in [6.07, 6.45) is 10.7. The molecule has 2 heterocycles. The summed E-state index contributed by atoms with van der Waals surface area (Å²) in [5.41, 5.74) is 1.43. The predicted octanol–water partition coefficient (Wildman–Crippen LogP) is 5.91. The lowest BCUT2D eigenvalue weighted by molar-refractivity contribution is -0.0882. The molecule has 4 rings (SSSR count). The van der Waals surface area contributed by atoms with Crippen LogP contribution in [-0.4, -0.2) is 34.1 Å². The zero-order valence-electron chi connectivity index (χ0n) is 17.5. The van der Waals surface area contributed by atoms with Crippen LogP contribution in [-0.2, 0) is 0 Å². The number of halogens is 3. The van der Waals surface area contributed by atoms with E-state index in [1.54, 1.807) is 30.6 Å². The van der Waals surface area contributed by atoms with E-state index in [4.69, 9.17) is 12.2 Å². The smallest absolute Gasteiger partial charge is 0.373 e. The molecule has 0 amide bonds. The maximum atomic E-state index is 13.6. The van der Waals surface area contributed by atoms with E-state index < -0.39 is 11.7 Å². The number of rotatable bonds is 3. The van der Waals surface area contributed by atoms with E-state index in [-0.39, 0.29) is 0 Å². The molecule has 2 aliphatic carbocycles. The number of pyridine rings is 1. The molecular weight excluding hydrogens is 419 g/mol. The van der Waals surface area contributed by atoms with Crippen molar-refractivity contribution >= 4 is 17.2 Å². The molecule has 1 N–H and O–H groups in total. The second kappa shape index (κ2) is 9.55. The van der Waals surface area contributed by atoms with Crippen LogP contribution in [0.1, 0.15) is 50.5 Å². The second-order valence-electron chi connectivity index (χ2n) is 8.74. The number of nitrogens with zero attached hydrogens (tertiary/aromatic N) is 2. The van der Waals surface area contributed by atoms with Gasteiger partial charge in [-0.05, 0) is 49.3 Å². The molecule has 2 atom stereocenters. The first-order valence-corrected chi connectivity index (χ1v) is 11.5. The van der Waals surface area contributed by atoms with Gasteiger partial charge in [-0.2, -0.15) is 13.2 Å². The van der Waals surface area contributed by atoms with Crippen molar-refractivity contribution < 1.29 is 13.2 Å². The van der Waals surface area contributed by atoms with Gasteiger partial charge in [0.05, 0.1) is 11.3 Å². The van der Waals surface area contributed by atoms with Gasteiger partial charge in [0.25, 0.3) is 0 Å². The Balaban J connectivity index is 1.68. The number of aromatic nitrogens is 1. The quantitative estimate of drug-likeness (QED) is 0.583. The number of allylic oxidation sites excluding steroid dienone is 4. The zero-order chi connectivity index (χ0) is 21.8. The van der Waals surface area contributed by atoms with E-state index in [1.807, 2.05) is 0 Å². The van der Waals surface area contributed by atoms with Gasteiger partial charge in [-0.1, -0.05) is 43.6 Å². The SMILES string of the molecule is FC(F)(F)C1=CC(NC(=S)c2ccncc2)=C(N2CC[C@H]3CCCCC(C3)C2)CC=C1. The zero-order valence-corrected chi connectivity index (χ0v) is 18.3. The van der Waals surface area contributed by atoms with Crippen molar-refractivity contribution in [2.75, 3.05) is 13.1 Å². The molecule has 1 aromatic heterocycles. The highest BCUT2D eigenvalue weighted by Crippen LogP contribution is 2.36. The van der Waals surface area contributed by atoms with Crippen molar-refractivity contribution in [2.24, 2.45) is 11.8 Å². The number of hydrogen-bond donors (Lipinski definition) is 1. The highest BCUT2D eigenvalue weighted by atomic mass is 32.1. The minimum absolute atomic E-state index is 0.403. The van der Waals surface area contributed by atoms with E-state index in [1.165, 1.54) is 44.3 Å². The first-order valence-electron chi connectivity index (χ1n) is 11.0. The molecule has 1 aromatic rings. The van der Waals surface area contributed by atoms with Crippen LogP contribution >= 0.6 is 12.2 Å². The van der Waals surface area contributed by atoms with Crippen LogP contribution in [0.5, 0.6) is 0 Å². The molecule has 1 saturated heterocycles. The molecule has 3 aliphatic rings. The van der Waals surface area contributed by atoms with Crippen LogP contribution < -0.4 is 5.32 Å². The fourth-order valence-corrected chi connectivity index (χ4v) is 5.21. The normalized spacial score (nSPS) is 24.7. The Morgan fingerprint density at radius 3 is 2.58 bits per heavy atom. The van der Waals surface area contributed by atoms with Gasteiger partial charge in [0.2, 0.25) is 0 Å². The minimum Gasteiger partial charge on any atom is -0.373 e. The average Bonchev–Trinajstić information content (AvgIpc) is 3.19. The third-order valence-corrected chi connectivity index (χ3v) is 6.88. The summed E-state index contributed by atoms with van der Waals surface area (Å²) in [6.45, 7) is 1.79. The fourth-order valence-electron chi connectivity index (χ4n) is 4.96. The summed E-state index contributed by atoms with van der Waals surface area (Å²) in [6, 6.07) is 3.52. The maximum Gasteiger partial charge on any atom is 0.416 e. The Labute approximate surface area is 187 Å². The number of thiocarbonyl (C=S) groups is 1. The lowest BCUT2D eigenvalue weighted by Crippen LogP contribution is -2.32. The number of likely N-dealkylation sites (tertiary alicyclic amines) is 1. The number of nitrogens with one attached hydrogen (secondary N) is 1. The van der Waals surface area contributed by atoms with Gasteiger partial charge in [-0.15, -0.1) is 0 Å². The van der Waals surface area contributed by atoms with E-state index >= 15 is 0 Å². The lowest BCUT2D eigenvalue weighted by Gasteiger charge is -2.30. The summed E-state index contributed by atoms with van der Waals surface area (Å²) < 4.78 is 40.8. The average molecular weight is 448 g/mol. The summed E-state index contributed by atoms with van der Waals surface area (Å²) >= 11 is 5.53. The number of alkyl halides is 3. The van der Waals surface area contributed by atoms with E-state index in [2.05, 4.69) is 15.2 Å². The van der Waals surface area contributed by atoms with Crippen LogP contribution in [0.25, 0.3) is 0 Å². The second-order valence-corrected chi connectivity index (χ2v) is 9.15. The molecule has 166 valence electrons. The van der Waals surface area contributed by atoms with Crippen molar-refractivity contribution in [3.63, 3.8) is 0 Å². The molecule has 31 heavy (non-hydrogen) atoms. The first kappa shape index (κ1) is 22.1. The van der Waals surface area contributed by atoms with Crippen molar-refractivity contribution in [1.82, 2.24) is 15.2 Å². The molecule has 0 spiro atoms. The number of hydrogen-bond acceptors (Lipinski definition) is 3.